The van der Waals surface area contributed by atoms with E-state index in [0.29, 0.717) is 11.7 Å². The van der Waals surface area contributed by atoms with Crippen LogP contribution in [0.5, 0.6) is 0 Å². The number of hydrogen-bond donors (Lipinski definition) is 3. The van der Waals surface area contributed by atoms with Gasteiger partial charge < -0.3 is 10.2 Å². The number of anilines is 1. The highest BCUT2D eigenvalue weighted by atomic mass is 16.5. The summed E-state index contributed by atoms with van der Waals surface area (Å²) in [5.74, 6) is 1.05. The Morgan fingerprint density at radius 2 is 2.08 bits per heavy atom. The van der Waals surface area contributed by atoms with E-state index in [-0.39, 0.29) is 0 Å². The van der Waals surface area contributed by atoms with Gasteiger partial charge in [0.05, 0.1) is 5.69 Å². The molecule has 25 heavy (non-hydrogen) atoms. The van der Waals surface area contributed by atoms with E-state index in [9.17, 15) is 4.79 Å². The predicted molar refractivity (Wildman–Crippen MR) is 96.0 cm³/mol. The summed E-state index contributed by atoms with van der Waals surface area (Å²) >= 11 is 0. The normalized spacial score (nSPS) is 22.4. The van der Waals surface area contributed by atoms with Crippen molar-refractivity contribution in [3.05, 3.63) is 23.9 Å². The summed E-state index contributed by atoms with van der Waals surface area (Å²) < 4.78 is 0. The van der Waals surface area contributed by atoms with Crippen molar-refractivity contribution in [3.8, 4) is 0 Å². The summed E-state index contributed by atoms with van der Waals surface area (Å²) in [6.07, 6.45) is 10.8. The Kier molecular flexibility index (Phi) is 6.36. The Balaban J connectivity index is 1.45. The largest absolute Gasteiger partial charge is 0.365 e. The van der Waals surface area contributed by atoms with Crippen LogP contribution in [0.2, 0.25) is 0 Å². The Morgan fingerprint density at radius 3 is 2.80 bits per heavy atom. The monoisotopic (exact) mass is 345 g/mol. The summed E-state index contributed by atoms with van der Waals surface area (Å²) in [6.45, 7) is 3.45. The zero-order chi connectivity index (χ0) is 17.5. The molecule has 1 aliphatic carbocycles. The van der Waals surface area contributed by atoms with Crippen molar-refractivity contribution in [2.24, 2.45) is 5.92 Å². The number of likely N-dealkylation sites (tertiary alicyclic amines) is 1. The Morgan fingerprint density at radius 1 is 1.24 bits per heavy atom. The van der Waals surface area contributed by atoms with Gasteiger partial charge in [0.2, 0.25) is 0 Å². The third-order valence-electron chi connectivity index (χ3n) is 5.07. The zero-order valence-corrected chi connectivity index (χ0v) is 14.5. The molecular formula is C18H27N5O2. The SMILES string of the molecule is O=C(/C=C/c1ccc(N[C@@H]2CCN(CC3CCCCC3)C2)nn1)NO. The number of carbonyl (C=O) groups excluding carboxylic acids is 1. The quantitative estimate of drug-likeness (QED) is 0.415. The second kappa shape index (κ2) is 8.92. The van der Waals surface area contributed by atoms with Crippen LogP contribution < -0.4 is 10.8 Å². The van der Waals surface area contributed by atoms with Crippen LogP contribution in [-0.4, -0.2) is 51.9 Å². The number of nitrogens with zero attached hydrogens (tertiary/aromatic N) is 3. The molecule has 1 aromatic rings. The van der Waals surface area contributed by atoms with Gasteiger partial charge in [-0.15, -0.1) is 10.2 Å². The molecule has 7 nitrogen and oxygen atoms in total. The van der Waals surface area contributed by atoms with Gasteiger partial charge in [-0.25, -0.2) is 5.48 Å². The highest BCUT2D eigenvalue weighted by molar-refractivity contribution is 5.90. The molecule has 136 valence electrons. The first-order valence-corrected chi connectivity index (χ1v) is 9.17. The number of hydroxylamine groups is 1. The van der Waals surface area contributed by atoms with E-state index in [2.05, 4.69) is 20.4 Å². The third-order valence-corrected chi connectivity index (χ3v) is 5.07. The molecule has 1 aromatic heterocycles. The smallest absolute Gasteiger partial charge is 0.267 e. The number of nitrogens with one attached hydrogen (secondary N) is 2. The van der Waals surface area contributed by atoms with Crippen molar-refractivity contribution in [2.45, 2.75) is 44.6 Å². The van der Waals surface area contributed by atoms with Crippen LogP contribution in [0, 0.1) is 5.92 Å². The highest BCUT2D eigenvalue weighted by Gasteiger charge is 2.25. The standard InChI is InChI=1S/C18H27N5O2/c24-18(22-25)9-7-15-6-8-17(21-20-15)19-16-10-11-23(13-16)12-14-4-2-1-3-5-14/h6-9,14,16,25H,1-5,10-13H2,(H,19,21)(H,22,24)/b9-7+/t16-/m1/s1. The number of carbonyl (C=O) groups is 1. The first kappa shape index (κ1) is 17.8. The van der Waals surface area contributed by atoms with E-state index in [0.717, 1.165) is 31.2 Å². The van der Waals surface area contributed by atoms with Crippen LogP contribution >= 0.6 is 0 Å². The van der Waals surface area contributed by atoms with Crippen LogP contribution in [0.25, 0.3) is 6.08 Å². The maximum Gasteiger partial charge on any atom is 0.267 e. The van der Waals surface area contributed by atoms with Gasteiger partial charge in [0, 0.05) is 31.8 Å². The molecule has 0 aromatic carbocycles. The van der Waals surface area contributed by atoms with Crippen molar-refractivity contribution >= 4 is 17.8 Å². The van der Waals surface area contributed by atoms with Crippen LogP contribution in [0.1, 0.15) is 44.2 Å². The molecular weight excluding hydrogens is 318 g/mol. The maximum atomic E-state index is 10.9. The fourth-order valence-electron chi connectivity index (χ4n) is 3.77. The molecule has 2 aliphatic rings. The average Bonchev–Trinajstić information content (AvgIpc) is 3.08. The molecule has 1 amide bonds. The molecule has 2 heterocycles. The fourth-order valence-corrected chi connectivity index (χ4v) is 3.77. The number of amides is 1. The molecule has 1 saturated heterocycles. The van der Waals surface area contributed by atoms with Gasteiger partial charge in [0.1, 0.15) is 5.82 Å². The first-order valence-electron chi connectivity index (χ1n) is 9.17. The molecule has 0 unspecified atom stereocenters. The average molecular weight is 345 g/mol. The van der Waals surface area contributed by atoms with E-state index in [1.54, 1.807) is 6.07 Å². The Labute approximate surface area is 148 Å². The zero-order valence-electron chi connectivity index (χ0n) is 14.5. The molecule has 0 radical (unpaired) electrons. The van der Waals surface area contributed by atoms with Crippen LogP contribution in [0.3, 0.4) is 0 Å². The third kappa shape index (κ3) is 5.51. The van der Waals surface area contributed by atoms with Crippen LogP contribution in [-0.2, 0) is 4.79 Å². The van der Waals surface area contributed by atoms with Gasteiger partial charge in [-0.2, -0.15) is 0 Å². The maximum absolute atomic E-state index is 10.9. The molecule has 3 N–H and O–H groups in total. The van der Waals surface area contributed by atoms with Gasteiger partial charge in [-0.1, -0.05) is 19.3 Å². The molecule has 2 fully saturated rings. The molecule has 3 rings (SSSR count). The highest BCUT2D eigenvalue weighted by Crippen LogP contribution is 2.26. The van der Waals surface area contributed by atoms with Gasteiger partial charge in [-0.3, -0.25) is 10.0 Å². The number of aromatic nitrogens is 2. The van der Waals surface area contributed by atoms with Gasteiger partial charge in [0.25, 0.3) is 5.91 Å². The summed E-state index contributed by atoms with van der Waals surface area (Å²) in [6, 6.07) is 4.08. The van der Waals surface area contributed by atoms with Crippen molar-refractivity contribution in [1.82, 2.24) is 20.6 Å². The summed E-state index contributed by atoms with van der Waals surface area (Å²) in [7, 11) is 0. The summed E-state index contributed by atoms with van der Waals surface area (Å²) in [5, 5.41) is 20.1. The van der Waals surface area contributed by atoms with E-state index in [1.165, 1.54) is 56.3 Å². The Hall–Kier alpha value is -1.99. The minimum atomic E-state index is -0.590. The van der Waals surface area contributed by atoms with Gasteiger partial charge in [0.15, 0.2) is 0 Å². The summed E-state index contributed by atoms with van der Waals surface area (Å²) in [5.41, 5.74) is 2.11. The van der Waals surface area contributed by atoms with Crippen molar-refractivity contribution in [1.29, 1.82) is 0 Å². The van der Waals surface area contributed by atoms with E-state index in [4.69, 9.17) is 5.21 Å². The number of hydrogen-bond acceptors (Lipinski definition) is 6. The molecule has 1 aliphatic heterocycles. The van der Waals surface area contributed by atoms with E-state index in [1.807, 2.05) is 6.07 Å². The molecule has 0 spiro atoms. The Bertz CT molecular complexity index is 584. The molecule has 1 atom stereocenters. The lowest BCUT2D eigenvalue weighted by atomic mass is 9.89. The minimum Gasteiger partial charge on any atom is -0.365 e. The second-order valence-electron chi connectivity index (χ2n) is 7.05. The second-order valence-corrected chi connectivity index (χ2v) is 7.05. The van der Waals surface area contributed by atoms with Gasteiger partial charge in [-0.05, 0) is 43.4 Å². The fraction of sp³-hybridized carbons (Fsp3) is 0.611. The number of rotatable bonds is 6. The van der Waals surface area contributed by atoms with Crippen molar-refractivity contribution in [2.75, 3.05) is 25.0 Å². The summed E-state index contributed by atoms with van der Waals surface area (Å²) in [4.78, 5) is 13.5. The molecule has 0 bridgehead atoms. The van der Waals surface area contributed by atoms with Gasteiger partial charge >= 0.3 is 0 Å². The van der Waals surface area contributed by atoms with Crippen LogP contribution in [0.15, 0.2) is 18.2 Å². The minimum absolute atomic E-state index is 0.416. The lowest BCUT2D eigenvalue weighted by Gasteiger charge is -2.26. The topological polar surface area (TPSA) is 90.4 Å². The van der Waals surface area contributed by atoms with E-state index < -0.39 is 5.91 Å². The predicted octanol–water partition coefficient (Wildman–Crippen LogP) is 2.06. The first-order chi connectivity index (χ1) is 12.2. The van der Waals surface area contributed by atoms with E-state index >= 15 is 0 Å². The lowest BCUT2D eigenvalue weighted by Crippen LogP contribution is -2.31. The van der Waals surface area contributed by atoms with Crippen LogP contribution in [0.4, 0.5) is 5.82 Å². The van der Waals surface area contributed by atoms with Crippen molar-refractivity contribution < 1.29 is 10.0 Å². The molecule has 1 saturated carbocycles. The lowest BCUT2D eigenvalue weighted by molar-refractivity contribution is -0.124. The molecule has 7 heteroatoms. The van der Waals surface area contributed by atoms with Crippen molar-refractivity contribution in [3.63, 3.8) is 0 Å².